The van der Waals surface area contributed by atoms with E-state index in [9.17, 15) is 4.79 Å². The van der Waals surface area contributed by atoms with Gasteiger partial charge in [0.2, 0.25) is 0 Å². The molecule has 0 aromatic heterocycles. The average molecular weight is 301 g/mol. The van der Waals surface area contributed by atoms with Gasteiger partial charge in [-0.3, -0.25) is 4.79 Å². The van der Waals surface area contributed by atoms with Gasteiger partial charge in [-0.15, -0.1) is 0 Å². The highest BCUT2D eigenvalue weighted by atomic mass is 35.5. The second-order valence-corrected chi connectivity index (χ2v) is 5.88. The molecule has 104 valence electrons. The molecule has 1 aliphatic carbocycles. The largest absolute Gasteiger partial charge is 0.338 e. The van der Waals surface area contributed by atoms with E-state index in [-0.39, 0.29) is 11.9 Å². The molecule has 1 fully saturated rings. The van der Waals surface area contributed by atoms with Gasteiger partial charge in [0.15, 0.2) is 0 Å². The lowest BCUT2D eigenvalue weighted by Gasteiger charge is -2.29. The van der Waals surface area contributed by atoms with Crippen molar-refractivity contribution in [1.82, 2.24) is 4.90 Å². The Labute approximate surface area is 123 Å². The van der Waals surface area contributed by atoms with Gasteiger partial charge in [0.25, 0.3) is 5.91 Å². The number of carbonyl (C=O) groups excluding carboxylic acids is 1. The normalized spacial score (nSPS) is 22.5. The van der Waals surface area contributed by atoms with Gasteiger partial charge in [-0.05, 0) is 43.5 Å². The number of nitrogens with zero attached hydrogens (tertiary/aromatic N) is 1. The van der Waals surface area contributed by atoms with Gasteiger partial charge >= 0.3 is 0 Å². The maximum absolute atomic E-state index is 12.5. The molecule has 0 aliphatic heterocycles. The lowest BCUT2D eigenvalue weighted by molar-refractivity contribution is 0.0700. The van der Waals surface area contributed by atoms with Crippen molar-refractivity contribution in [2.75, 3.05) is 13.6 Å². The zero-order valence-corrected chi connectivity index (χ0v) is 12.4. The van der Waals surface area contributed by atoms with E-state index < -0.39 is 0 Å². The predicted octanol–water partition coefficient (Wildman–Crippen LogP) is 3.19. The maximum Gasteiger partial charge on any atom is 0.255 e. The molecule has 0 saturated heterocycles. The minimum atomic E-state index is -0.0629. The third kappa shape index (κ3) is 3.04. The first kappa shape index (κ1) is 14.6. The number of carbonyl (C=O) groups is 1. The number of nitrogens with two attached hydrogens (primary N) is 1. The molecule has 19 heavy (non-hydrogen) atoms. The molecule has 1 saturated carbocycles. The van der Waals surface area contributed by atoms with Crippen LogP contribution in [0.2, 0.25) is 10.0 Å². The van der Waals surface area contributed by atoms with Crippen LogP contribution in [0.25, 0.3) is 0 Å². The molecule has 2 rings (SSSR count). The minimum absolute atomic E-state index is 0.0629. The van der Waals surface area contributed by atoms with E-state index in [2.05, 4.69) is 0 Å². The monoisotopic (exact) mass is 300 g/mol. The van der Waals surface area contributed by atoms with Crippen molar-refractivity contribution in [3.05, 3.63) is 33.8 Å². The summed E-state index contributed by atoms with van der Waals surface area (Å²) in [6, 6.07) is 5.17. The van der Waals surface area contributed by atoms with Crippen molar-refractivity contribution in [2.45, 2.75) is 25.3 Å². The van der Waals surface area contributed by atoms with E-state index in [4.69, 9.17) is 28.9 Å². The van der Waals surface area contributed by atoms with E-state index in [0.29, 0.717) is 28.1 Å². The van der Waals surface area contributed by atoms with Crippen molar-refractivity contribution in [3.63, 3.8) is 0 Å². The summed E-state index contributed by atoms with van der Waals surface area (Å²) in [5, 5.41) is 0.927. The maximum atomic E-state index is 12.5. The number of hydrogen-bond acceptors (Lipinski definition) is 2. The fraction of sp³-hybridized carbons (Fsp3) is 0.500. The van der Waals surface area contributed by atoms with Crippen LogP contribution < -0.4 is 5.73 Å². The molecule has 3 nitrogen and oxygen atoms in total. The van der Waals surface area contributed by atoms with Crippen LogP contribution in [0.15, 0.2) is 18.2 Å². The minimum Gasteiger partial charge on any atom is -0.338 e. The summed E-state index contributed by atoms with van der Waals surface area (Å²) in [6.07, 6.45) is 3.22. The van der Waals surface area contributed by atoms with E-state index in [1.165, 1.54) is 0 Å². The first-order valence-corrected chi connectivity index (χ1v) is 7.22. The van der Waals surface area contributed by atoms with Gasteiger partial charge < -0.3 is 10.6 Å². The number of rotatable bonds is 3. The number of benzene rings is 1. The van der Waals surface area contributed by atoms with Crippen LogP contribution in [0.1, 0.15) is 29.6 Å². The van der Waals surface area contributed by atoms with Crippen LogP contribution in [0.4, 0.5) is 0 Å². The molecule has 0 bridgehead atoms. The number of hydrogen-bond donors (Lipinski definition) is 1. The molecule has 1 amide bonds. The lowest BCUT2D eigenvalue weighted by Crippen LogP contribution is -2.41. The van der Waals surface area contributed by atoms with Crippen molar-refractivity contribution >= 4 is 29.1 Å². The molecule has 0 radical (unpaired) electrons. The Balaban J connectivity index is 2.19. The first-order valence-electron chi connectivity index (χ1n) is 6.47. The standard InChI is InChI=1S/C14H18Cl2N2O/c1-18(13-4-2-3-9(13)8-17)14(19)11-6-5-10(15)7-12(11)16/h5-7,9,13H,2-4,8,17H2,1H3. The van der Waals surface area contributed by atoms with Crippen LogP contribution in [0, 0.1) is 5.92 Å². The molecule has 2 atom stereocenters. The fourth-order valence-electron chi connectivity index (χ4n) is 2.81. The van der Waals surface area contributed by atoms with E-state index in [1.807, 2.05) is 7.05 Å². The second-order valence-electron chi connectivity index (χ2n) is 5.03. The molecule has 0 heterocycles. The summed E-state index contributed by atoms with van der Waals surface area (Å²) < 4.78 is 0. The highest BCUT2D eigenvalue weighted by Crippen LogP contribution is 2.30. The Morgan fingerprint density at radius 2 is 2.16 bits per heavy atom. The van der Waals surface area contributed by atoms with Crippen molar-refractivity contribution < 1.29 is 4.79 Å². The highest BCUT2D eigenvalue weighted by Gasteiger charge is 2.32. The Hall–Kier alpha value is -0.770. The Morgan fingerprint density at radius 3 is 2.79 bits per heavy atom. The summed E-state index contributed by atoms with van der Waals surface area (Å²) in [5.74, 6) is 0.326. The summed E-state index contributed by atoms with van der Waals surface area (Å²) in [5.41, 5.74) is 6.27. The summed E-state index contributed by atoms with van der Waals surface area (Å²) in [6.45, 7) is 0.622. The molecule has 5 heteroatoms. The van der Waals surface area contributed by atoms with Crippen LogP contribution in [0.5, 0.6) is 0 Å². The zero-order chi connectivity index (χ0) is 14.0. The molecular formula is C14H18Cl2N2O. The second kappa shape index (κ2) is 6.12. The number of halogens is 2. The van der Waals surface area contributed by atoms with Crippen LogP contribution >= 0.6 is 23.2 Å². The van der Waals surface area contributed by atoms with Gasteiger partial charge in [-0.1, -0.05) is 29.6 Å². The fourth-order valence-corrected chi connectivity index (χ4v) is 3.29. The van der Waals surface area contributed by atoms with E-state index >= 15 is 0 Å². The summed E-state index contributed by atoms with van der Waals surface area (Å²) in [7, 11) is 1.83. The Morgan fingerprint density at radius 1 is 1.42 bits per heavy atom. The van der Waals surface area contributed by atoms with E-state index in [1.54, 1.807) is 23.1 Å². The highest BCUT2D eigenvalue weighted by molar-refractivity contribution is 6.36. The van der Waals surface area contributed by atoms with Crippen LogP contribution in [-0.2, 0) is 0 Å². The Bertz CT molecular complexity index is 479. The van der Waals surface area contributed by atoms with Crippen LogP contribution in [0.3, 0.4) is 0 Å². The molecule has 1 aromatic rings. The molecule has 1 aliphatic rings. The van der Waals surface area contributed by atoms with Crippen molar-refractivity contribution in [3.8, 4) is 0 Å². The summed E-state index contributed by atoms with van der Waals surface area (Å²) in [4.78, 5) is 14.3. The van der Waals surface area contributed by atoms with E-state index in [0.717, 1.165) is 19.3 Å². The van der Waals surface area contributed by atoms with Gasteiger partial charge in [0.1, 0.15) is 0 Å². The van der Waals surface area contributed by atoms with Gasteiger partial charge in [0.05, 0.1) is 10.6 Å². The Kier molecular flexibility index (Phi) is 4.71. The molecule has 2 N–H and O–H groups in total. The molecular weight excluding hydrogens is 283 g/mol. The predicted molar refractivity (Wildman–Crippen MR) is 78.7 cm³/mol. The van der Waals surface area contributed by atoms with Gasteiger partial charge in [-0.2, -0.15) is 0 Å². The van der Waals surface area contributed by atoms with Crippen molar-refractivity contribution in [2.24, 2.45) is 11.7 Å². The third-order valence-electron chi connectivity index (χ3n) is 3.90. The zero-order valence-electron chi connectivity index (χ0n) is 10.9. The molecule has 0 spiro atoms. The quantitative estimate of drug-likeness (QED) is 0.932. The molecule has 1 aromatic carbocycles. The SMILES string of the molecule is CN(C(=O)c1ccc(Cl)cc1Cl)C1CCCC1CN. The third-order valence-corrected chi connectivity index (χ3v) is 4.45. The van der Waals surface area contributed by atoms with Gasteiger partial charge in [0, 0.05) is 18.1 Å². The first-order chi connectivity index (χ1) is 9.04. The topological polar surface area (TPSA) is 46.3 Å². The van der Waals surface area contributed by atoms with Crippen LogP contribution in [-0.4, -0.2) is 30.4 Å². The lowest BCUT2D eigenvalue weighted by atomic mass is 10.0. The average Bonchev–Trinajstić information content (AvgIpc) is 2.85. The smallest absolute Gasteiger partial charge is 0.255 e. The number of amides is 1. The summed E-state index contributed by atoms with van der Waals surface area (Å²) >= 11 is 11.9. The molecule has 2 unspecified atom stereocenters. The van der Waals surface area contributed by atoms with Gasteiger partial charge in [-0.25, -0.2) is 0 Å². The van der Waals surface area contributed by atoms with Crippen molar-refractivity contribution in [1.29, 1.82) is 0 Å².